The van der Waals surface area contributed by atoms with Gasteiger partial charge >= 0.3 is 0 Å². The van der Waals surface area contributed by atoms with E-state index < -0.39 is 0 Å². The summed E-state index contributed by atoms with van der Waals surface area (Å²) in [5.74, 6) is 1.51. The van der Waals surface area contributed by atoms with Gasteiger partial charge < -0.3 is 4.90 Å². The van der Waals surface area contributed by atoms with Gasteiger partial charge in [0.1, 0.15) is 19.1 Å². The van der Waals surface area contributed by atoms with E-state index in [1.165, 1.54) is 0 Å². The van der Waals surface area contributed by atoms with Gasteiger partial charge in [0, 0.05) is 32.5 Å². The van der Waals surface area contributed by atoms with Gasteiger partial charge in [0.2, 0.25) is 5.91 Å². The van der Waals surface area contributed by atoms with Gasteiger partial charge in [-0.05, 0) is 37.3 Å². The number of rotatable bonds is 4. The van der Waals surface area contributed by atoms with E-state index in [1.54, 1.807) is 34.6 Å². The van der Waals surface area contributed by atoms with Gasteiger partial charge in [0.05, 0.1) is 11.9 Å². The largest absolute Gasteiger partial charge is 0.342 e. The monoisotopic (exact) mass is 387 g/mol. The Bertz CT molecular complexity index is 1150. The Morgan fingerprint density at radius 3 is 2.69 bits per heavy atom. The minimum Gasteiger partial charge on any atom is -0.342 e. The second kappa shape index (κ2) is 6.86. The maximum absolute atomic E-state index is 13.3. The molecule has 3 heterocycles. The minimum absolute atomic E-state index is 0.133. The number of hydrogen-bond donors (Lipinski definition) is 0. The molecule has 1 saturated heterocycles. The van der Waals surface area contributed by atoms with Crippen molar-refractivity contribution in [3.8, 4) is 5.69 Å². The molecule has 29 heavy (non-hydrogen) atoms. The summed E-state index contributed by atoms with van der Waals surface area (Å²) in [7, 11) is 7.62. The van der Waals surface area contributed by atoms with Crippen molar-refractivity contribution in [1.82, 2.24) is 24.2 Å². The van der Waals surface area contributed by atoms with Crippen LogP contribution in [0.15, 0.2) is 35.3 Å². The maximum Gasteiger partial charge on any atom is 0.269 e. The molecule has 0 N–H and O–H groups in total. The van der Waals surface area contributed by atoms with E-state index in [0.717, 1.165) is 38.0 Å². The maximum atomic E-state index is 13.3. The molecule has 1 saturated carbocycles. The van der Waals surface area contributed by atoms with E-state index in [-0.39, 0.29) is 17.4 Å². The first-order valence-electron chi connectivity index (χ1n) is 10.1. The molecule has 1 atom stereocenters. The van der Waals surface area contributed by atoms with Gasteiger partial charge in [0.25, 0.3) is 5.56 Å². The molecular weight excluding hydrogens is 365 g/mol. The lowest BCUT2D eigenvalue weighted by molar-refractivity contribution is -0.131. The Morgan fingerprint density at radius 1 is 1.21 bits per heavy atom. The molecular formula is C21H22BN5O2. The normalized spacial score (nSPS) is 19.2. The van der Waals surface area contributed by atoms with E-state index in [1.807, 2.05) is 17.0 Å². The first-order valence-corrected chi connectivity index (χ1v) is 10.1. The van der Waals surface area contributed by atoms with Crippen LogP contribution in [0.4, 0.5) is 0 Å². The first kappa shape index (κ1) is 18.2. The molecule has 7 nitrogen and oxygen atoms in total. The standard InChI is InChI=1S/C21H22BN5O2/c1-25-19-17(11-23-25)21(29)27(16-6-4-15(22)5-7-16)18(24-19)10-13-8-9-26(12-13)20(28)14-2-3-14/h4-7,11,13-14H,2-3,8-10,12H2,1H3/t13-/m0/s1. The lowest BCUT2D eigenvalue weighted by atomic mass is 9.96. The SMILES string of the molecule is [B]c1ccc(-n2c(C[C@@H]3CCN(C(=O)C4CC4)C3)nc3c(cnn3C)c2=O)cc1. The molecule has 2 aliphatic rings. The van der Waals surface area contributed by atoms with Crippen LogP contribution in [0.1, 0.15) is 25.1 Å². The van der Waals surface area contributed by atoms with E-state index in [9.17, 15) is 9.59 Å². The molecule has 1 aliphatic carbocycles. The summed E-state index contributed by atoms with van der Waals surface area (Å²) in [6.45, 7) is 1.52. The number of amides is 1. The summed E-state index contributed by atoms with van der Waals surface area (Å²) in [6, 6.07) is 7.23. The topological polar surface area (TPSA) is 73.0 Å². The third kappa shape index (κ3) is 3.26. The second-order valence-corrected chi connectivity index (χ2v) is 8.18. The van der Waals surface area contributed by atoms with E-state index in [0.29, 0.717) is 34.6 Å². The van der Waals surface area contributed by atoms with Gasteiger partial charge in [-0.1, -0.05) is 17.6 Å². The zero-order valence-corrected chi connectivity index (χ0v) is 16.4. The second-order valence-electron chi connectivity index (χ2n) is 8.18. The number of likely N-dealkylation sites (tertiary alicyclic amines) is 1. The van der Waals surface area contributed by atoms with Crippen LogP contribution < -0.4 is 11.0 Å². The van der Waals surface area contributed by atoms with Gasteiger partial charge in [0.15, 0.2) is 5.65 Å². The molecule has 3 aromatic rings. The molecule has 2 fully saturated rings. The van der Waals surface area contributed by atoms with Crippen LogP contribution in [0.25, 0.3) is 16.7 Å². The fraction of sp³-hybridized carbons (Fsp3) is 0.429. The smallest absolute Gasteiger partial charge is 0.269 e. The summed E-state index contributed by atoms with van der Waals surface area (Å²) in [4.78, 5) is 32.4. The predicted octanol–water partition coefficient (Wildman–Crippen LogP) is 0.714. The average molecular weight is 387 g/mol. The molecule has 2 aromatic heterocycles. The summed E-state index contributed by atoms with van der Waals surface area (Å²) >= 11 is 0. The number of benzene rings is 1. The van der Waals surface area contributed by atoms with E-state index in [4.69, 9.17) is 12.8 Å². The quantitative estimate of drug-likeness (QED) is 0.619. The van der Waals surface area contributed by atoms with Gasteiger partial charge in [-0.25, -0.2) is 4.98 Å². The van der Waals surface area contributed by atoms with Crippen molar-refractivity contribution < 1.29 is 4.79 Å². The Morgan fingerprint density at radius 2 is 1.97 bits per heavy atom. The first-order chi connectivity index (χ1) is 14.0. The summed E-state index contributed by atoms with van der Waals surface area (Å²) < 4.78 is 3.29. The van der Waals surface area contributed by atoms with Gasteiger partial charge in [-0.15, -0.1) is 0 Å². The van der Waals surface area contributed by atoms with Crippen molar-refractivity contribution in [2.75, 3.05) is 13.1 Å². The van der Waals surface area contributed by atoms with Crippen molar-refractivity contribution in [3.05, 3.63) is 46.6 Å². The van der Waals surface area contributed by atoms with Crippen LogP contribution in [0, 0.1) is 11.8 Å². The molecule has 5 rings (SSSR count). The fourth-order valence-electron chi connectivity index (χ4n) is 4.20. The molecule has 0 spiro atoms. The number of carbonyl (C=O) groups excluding carboxylic acids is 1. The number of aromatic nitrogens is 4. The number of hydrogen-bond acceptors (Lipinski definition) is 4. The lowest BCUT2D eigenvalue weighted by Crippen LogP contribution is -2.31. The Labute approximate surface area is 169 Å². The molecule has 8 heteroatoms. The van der Waals surface area contributed by atoms with Crippen LogP contribution >= 0.6 is 0 Å². The van der Waals surface area contributed by atoms with Crippen molar-refractivity contribution in [2.45, 2.75) is 25.7 Å². The van der Waals surface area contributed by atoms with Crippen molar-refractivity contribution in [3.63, 3.8) is 0 Å². The molecule has 2 radical (unpaired) electrons. The number of fused-ring (bicyclic) bond motifs is 1. The highest BCUT2D eigenvalue weighted by molar-refractivity contribution is 6.32. The van der Waals surface area contributed by atoms with Crippen LogP contribution in [0.5, 0.6) is 0 Å². The van der Waals surface area contributed by atoms with Gasteiger partial charge in [-0.3, -0.25) is 18.8 Å². The summed E-state index contributed by atoms with van der Waals surface area (Å²) in [5, 5.41) is 4.70. The zero-order valence-electron chi connectivity index (χ0n) is 16.4. The van der Waals surface area contributed by atoms with E-state index >= 15 is 0 Å². The highest BCUT2D eigenvalue weighted by atomic mass is 16.2. The molecule has 146 valence electrons. The van der Waals surface area contributed by atoms with Crippen molar-refractivity contribution in [1.29, 1.82) is 0 Å². The molecule has 0 bridgehead atoms. The number of nitrogens with zero attached hydrogens (tertiary/aromatic N) is 5. The fourth-order valence-corrected chi connectivity index (χ4v) is 4.20. The Balaban J connectivity index is 1.52. The lowest BCUT2D eigenvalue weighted by Gasteiger charge is -2.18. The molecule has 1 amide bonds. The summed E-state index contributed by atoms with van der Waals surface area (Å²) in [5.41, 5.74) is 1.83. The van der Waals surface area contributed by atoms with Crippen LogP contribution in [-0.2, 0) is 18.3 Å². The van der Waals surface area contributed by atoms with Crippen LogP contribution in [0.2, 0.25) is 0 Å². The Kier molecular flexibility index (Phi) is 4.30. The number of carbonyl (C=O) groups is 1. The molecule has 1 aliphatic heterocycles. The van der Waals surface area contributed by atoms with E-state index in [2.05, 4.69) is 5.10 Å². The highest BCUT2D eigenvalue weighted by Gasteiger charge is 2.37. The molecule has 1 aromatic carbocycles. The number of aryl methyl sites for hydroxylation is 1. The van der Waals surface area contributed by atoms with Gasteiger partial charge in [-0.2, -0.15) is 5.10 Å². The van der Waals surface area contributed by atoms with Crippen LogP contribution in [0.3, 0.4) is 0 Å². The highest BCUT2D eigenvalue weighted by Crippen LogP contribution is 2.33. The van der Waals surface area contributed by atoms with Crippen molar-refractivity contribution in [2.24, 2.45) is 18.9 Å². The van der Waals surface area contributed by atoms with Crippen molar-refractivity contribution >= 4 is 30.2 Å². The zero-order chi connectivity index (χ0) is 20.1. The third-order valence-corrected chi connectivity index (χ3v) is 5.98. The predicted molar refractivity (Wildman–Crippen MR) is 111 cm³/mol. The van der Waals surface area contributed by atoms with Crippen LogP contribution in [-0.4, -0.2) is 51.1 Å². The third-order valence-electron chi connectivity index (χ3n) is 5.98. The average Bonchev–Trinajstić information content (AvgIpc) is 3.35. The molecule has 0 unspecified atom stereocenters. The minimum atomic E-state index is -0.133. The summed E-state index contributed by atoms with van der Waals surface area (Å²) in [6.07, 6.45) is 5.17. The Hall–Kier alpha value is -2.90.